The first kappa shape index (κ1) is 23.5. The zero-order valence-corrected chi connectivity index (χ0v) is 19.6. The van der Waals surface area contributed by atoms with Crippen LogP contribution in [-0.4, -0.2) is 10.9 Å². The Morgan fingerprint density at radius 1 is 1.00 bits per heavy atom. The summed E-state index contributed by atoms with van der Waals surface area (Å²) < 4.78 is 69.3. The molecule has 11 heteroatoms. The van der Waals surface area contributed by atoms with Crippen molar-refractivity contribution in [1.82, 2.24) is 10.3 Å². The molecular formula is C24H12BrClF5N3O. The Morgan fingerprint density at radius 3 is 2.51 bits per heavy atom. The van der Waals surface area contributed by atoms with Gasteiger partial charge in [-0.1, -0.05) is 27.5 Å². The molecule has 1 aliphatic rings. The normalized spacial score (nSPS) is 15.3. The van der Waals surface area contributed by atoms with Crippen LogP contribution in [0.4, 0.5) is 33.5 Å². The van der Waals surface area contributed by atoms with E-state index < -0.39 is 35.3 Å². The Bertz CT molecular complexity index is 1530. The van der Waals surface area contributed by atoms with Gasteiger partial charge in [-0.15, -0.1) is 0 Å². The van der Waals surface area contributed by atoms with Gasteiger partial charge in [-0.2, -0.15) is 13.2 Å². The molecule has 0 radical (unpaired) electrons. The van der Waals surface area contributed by atoms with Crippen LogP contribution in [0.2, 0.25) is 5.02 Å². The molecule has 2 N–H and O–H groups in total. The van der Waals surface area contributed by atoms with E-state index in [2.05, 4.69) is 31.5 Å². The first-order valence-electron chi connectivity index (χ1n) is 10.0. The number of amides is 1. The highest BCUT2D eigenvalue weighted by molar-refractivity contribution is 9.10. The number of anilines is 2. The van der Waals surface area contributed by atoms with Gasteiger partial charge in [0.25, 0.3) is 5.91 Å². The number of nitrogens with one attached hydrogen (secondary N) is 2. The summed E-state index contributed by atoms with van der Waals surface area (Å²) in [4.78, 5) is 16.8. The van der Waals surface area contributed by atoms with Crippen LogP contribution in [0.15, 0.2) is 59.2 Å². The fourth-order valence-electron chi connectivity index (χ4n) is 4.18. The van der Waals surface area contributed by atoms with Crippen LogP contribution in [0.1, 0.15) is 33.1 Å². The van der Waals surface area contributed by atoms with Crippen LogP contribution in [0, 0.1) is 11.6 Å². The molecule has 1 atom stereocenters. The smallest absolute Gasteiger partial charge is 0.341 e. The molecule has 0 spiro atoms. The van der Waals surface area contributed by atoms with Gasteiger partial charge in [0.15, 0.2) is 0 Å². The number of nitrogens with zero attached hydrogens (tertiary/aromatic N) is 1. The fourth-order valence-corrected chi connectivity index (χ4v) is 4.87. The molecule has 4 aromatic rings. The average Bonchev–Trinajstić information content (AvgIpc) is 3.11. The van der Waals surface area contributed by atoms with E-state index in [1.807, 2.05) is 0 Å². The summed E-state index contributed by atoms with van der Waals surface area (Å²) >= 11 is 9.60. The van der Waals surface area contributed by atoms with Crippen molar-refractivity contribution in [2.45, 2.75) is 12.2 Å². The van der Waals surface area contributed by atoms with Crippen LogP contribution >= 0.6 is 27.5 Å². The number of benzene rings is 3. The summed E-state index contributed by atoms with van der Waals surface area (Å²) in [6.45, 7) is 0. The molecule has 5 rings (SSSR count). The second kappa shape index (κ2) is 8.46. The maximum atomic E-state index is 14.2. The van der Waals surface area contributed by atoms with Crippen molar-refractivity contribution in [1.29, 1.82) is 0 Å². The number of pyridine rings is 1. The van der Waals surface area contributed by atoms with Gasteiger partial charge in [0.2, 0.25) is 0 Å². The number of alkyl halides is 3. The molecule has 4 nitrogen and oxygen atoms in total. The lowest BCUT2D eigenvalue weighted by molar-refractivity contribution is -0.136. The van der Waals surface area contributed by atoms with E-state index in [1.54, 1.807) is 12.1 Å². The van der Waals surface area contributed by atoms with Gasteiger partial charge in [0, 0.05) is 43.5 Å². The van der Waals surface area contributed by atoms with Crippen molar-refractivity contribution in [3.05, 3.63) is 98.1 Å². The average molecular weight is 569 g/mol. The summed E-state index contributed by atoms with van der Waals surface area (Å²) in [5, 5.41) is 5.55. The first-order valence-corrected chi connectivity index (χ1v) is 11.2. The first-order chi connectivity index (χ1) is 16.5. The van der Waals surface area contributed by atoms with Crippen molar-refractivity contribution >= 4 is 55.7 Å². The van der Waals surface area contributed by atoms with E-state index in [4.69, 9.17) is 11.6 Å². The minimum atomic E-state index is -4.79. The van der Waals surface area contributed by atoms with Crippen LogP contribution in [-0.2, 0) is 6.18 Å². The van der Waals surface area contributed by atoms with Crippen molar-refractivity contribution in [3.63, 3.8) is 0 Å². The number of hydrogen-bond acceptors (Lipinski definition) is 3. The molecule has 178 valence electrons. The van der Waals surface area contributed by atoms with Gasteiger partial charge in [0.1, 0.15) is 17.5 Å². The molecule has 35 heavy (non-hydrogen) atoms. The quantitative estimate of drug-likeness (QED) is 0.251. The molecular weight excluding hydrogens is 557 g/mol. The summed E-state index contributed by atoms with van der Waals surface area (Å²) in [7, 11) is 0. The summed E-state index contributed by atoms with van der Waals surface area (Å²) in [6.07, 6.45) is -3.62. The number of rotatable bonds is 3. The van der Waals surface area contributed by atoms with Crippen LogP contribution in [0.5, 0.6) is 0 Å². The Balaban J connectivity index is 1.70. The molecule has 0 fully saturated rings. The minimum absolute atomic E-state index is 0.0590. The summed E-state index contributed by atoms with van der Waals surface area (Å²) in [5.41, 5.74) is 0.0709. The van der Waals surface area contributed by atoms with E-state index in [0.29, 0.717) is 21.7 Å². The van der Waals surface area contributed by atoms with E-state index in [9.17, 15) is 26.7 Å². The van der Waals surface area contributed by atoms with E-state index in [1.165, 1.54) is 24.4 Å². The molecule has 0 unspecified atom stereocenters. The van der Waals surface area contributed by atoms with E-state index >= 15 is 0 Å². The maximum Gasteiger partial charge on any atom is 0.417 e. The summed E-state index contributed by atoms with van der Waals surface area (Å²) in [5.74, 6) is -2.16. The van der Waals surface area contributed by atoms with Crippen molar-refractivity contribution < 1.29 is 26.7 Å². The molecule has 1 aromatic heterocycles. The third-order valence-electron chi connectivity index (χ3n) is 5.63. The second-order valence-electron chi connectivity index (χ2n) is 7.82. The summed E-state index contributed by atoms with van der Waals surface area (Å²) in [6, 6.07) is 8.53. The highest BCUT2D eigenvalue weighted by atomic mass is 79.9. The Kier molecular flexibility index (Phi) is 5.68. The highest BCUT2D eigenvalue weighted by Gasteiger charge is 2.36. The van der Waals surface area contributed by atoms with Gasteiger partial charge in [-0.05, 0) is 53.9 Å². The largest absolute Gasteiger partial charge is 0.417 e. The Labute approximate surface area is 208 Å². The predicted octanol–water partition coefficient (Wildman–Crippen LogP) is 7.52. The SMILES string of the molecule is O=C1N[C@H](c2cc(F)ccc2Cl)c2c(Nc3nccc4c(C(F)(F)F)cc(F)cc34)cc(Br)cc21. The predicted molar refractivity (Wildman–Crippen MR) is 125 cm³/mol. The van der Waals surface area contributed by atoms with Gasteiger partial charge in [0.05, 0.1) is 11.6 Å². The number of fused-ring (bicyclic) bond motifs is 2. The maximum absolute atomic E-state index is 14.2. The molecule has 2 heterocycles. The number of carbonyl (C=O) groups excluding carboxylic acids is 1. The van der Waals surface area contributed by atoms with Gasteiger partial charge in [-0.25, -0.2) is 13.8 Å². The zero-order chi connectivity index (χ0) is 25.1. The fraction of sp³-hybridized carbons (Fsp3) is 0.0833. The molecule has 0 aliphatic carbocycles. The number of halogens is 7. The molecule has 0 saturated heterocycles. The van der Waals surface area contributed by atoms with Crippen molar-refractivity contribution in [2.24, 2.45) is 0 Å². The number of carbonyl (C=O) groups is 1. The highest BCUT2D eigenvalue weighted by Crippen LogP contribution is 2.43. The second-order valence-corrected chi connectivity index (χ2v) is 9.14. The molecule has 1 aliphatic heterocycles. The van der Waals surface area contributed by atoms with Crippen molar-refractivity contribution in [3.8, 4) is 0 Å². The third kappa shape index (κ3) is 4.21. The van der Waals surface area contributed by atoms with Gasteiger partial charge in [-0.3, -0.25) is 4.79 Å². The lowest BCUT2D eigenvalue weighted by Gasteiger charge is -2.19. The van der Waals surface area contributed by atoms with Crippen LogP contribution < -0.4 is 10.6 Å². The van der Waals surface area contributed by atoms with Crippen LogP contribution in [0.25, 0.3) is 10.8 Å². The number of aromatic nitrogens is 1. The van der Waals surface area contributed by atoms with Crippen LogP contribution in [0.3, 0.4) is 0 Å². The molecule has 0 bridgehead atoms. The van der Waals surface area contributed by atoms with E-state index in [-0.39, 0.29) is 32.9 Å². The van der Waals surface area contributed by atoms with E-state index in [0.717, 1.165) is 12.1 Å². The molecule has 0 saturated carbocycles. The van der Waals surface area contributed by atoms with Gasteiger partial charge >= 0.3 is 6.18 Å². The monoisotopic (exact) mass is 567 g/mol. The molecule has 3 aromatic carbocycles. The minimum Gasteiger partial charge on any atom is -0.341 e. The topological polar surface area (TPSA) is 54.0 Å². The zero-order valence-electron chi connectivity index (χ0n) is 17.3. The standard InChI is InChI=1S/C24H12BrClF5N3O/c25-10-5-16-20(21(34-23(16)35)15-7-11(27)1-2-18(15)26)19(6-10)33-22-14-8-12(28)9-17(24(29,30)31)13(14)3-4-32-22/h1-9,21H,(H,32,33)(H,34,35)/t21-/m1/s1. The molecule has 1 amide bonds. The lowest BCUT2D eigenvalue weighted by atomic mass is 9.96. The number of hydrogen-bond donors (Lipinski definition) is 2. The lowest BCUT2D eigenvalue weighted by Crippen LogP contribution is -2.20. The Morgan fingerprint density at radius 2 is 1.77 bits per heavy atom. The van der Waals surface area contributed by atoms with Crippen molar-refractivity contribution in [2.75, 3.05) is 5.32 Å². The third-order valence-corrected chi connectivity index (χ3v) is 6.43. The van der Waals surface area contributed by atoms with Gasteiger partial charge < -0.3 is 10.6 Å². The Hall–Kier alpha value is -3.24.